The van der Waals surface area contributed by atoms with Gasteiger partial charge in [0.15, 0.2) is 0 Å². The van der Waals surface area contributed by atoms with Crippen LogP contribution in [0.15, 0.2) is 30.3 Å². The number of rotatable bonds is 6. The zero-order valence-electron chi connectivity index (χ0n) is 17.8. The number of fused-ring (bicyclic) bond motifs is 4. The first-order chi connectivity index (χ1) is 14.5. The Hall–Kier alpha value is -2.34. The van der Waals surface area contributed by atoms with Crippen LogP contribution < -0.4 is 11.1 Å². The van der Waals surface area contributed by atoms with E-state index in [1.54, 1.807) is 0 Å². The predicted molar refractivity (Wildman–Crippen MR) is 115 cm³/mol. The largest absolute Gasteiger partial charge is 0.443 e. The molecule has 1 aromatic carbocycles. The number of aryl methyl sites for hydroxylation is 1. The van der Waals surface area contributed by atoms with Crippen LogP contribution >= 0.6 is 0 Å². The minimum absolute atomic E-state index is 0.218. The molecule has 3 N–H and O–H groups in total. The van der Waals surface area contributed by atoms with Gasteiger partial charge in [-0.2, -0.15) is 5.10 Å². The summed E-state index contributed by atoms with van der Waals surface area (Å²) in [7, 11) is 0. The van der Waals surface area contributed by atoms with E-state index in [1.807, 2.05) is 6.07 Å². The molecule has 3 aliphatic carbocycles. The molecule has 0 radical (unpaired) electrons. The molecule has 2 bridgehead atoms. The van der Waals surface area contributed by atoms with E-state index in [9.17, 15) is 4.79 Å². The summed E-state index contributed by atoms with van der Waals surface area (Å²) in [5.74, 6) is 0.294. The average molecular weight is 409 g/mol. The summed E-state index contributed by atoms with van der Waals surface area (Å²) in [4.78, 5) is 11.8. The van der Waals surface area contributed by atoms with Gasteiger partial charge in [-0.15, -0.1) is 0 Å². The van der Waals surface area contributed by atoms with Crippen LogP contribution in [-0.2, 0) is 37.2 Å². The van der Waals surface area contributed by atoms with Gasteiger partial charge >= 0.3 is 6.09 Å². The van der Waals surface area contributed by atoms with E-state index in [4.69, 9.17) is 15.6 Å². The van der Waals surface area contributed by atoms with Crippen LogP contribution in [0.3, 0.4) is 0 Å². The summed E-state index contributed by atoms with van der Waals surface area (Å²) in [5.41, 5.74) is 10.6. The Morgan fingerprint density at radius 3 is 2.70 bits per heavy atom. The Morgan fingerprint density at radius 1 is 1.23 bits per heavy atom. The molecule has 30 heavy (non-hydrogen) atoms. The fraction of sp³-hybridized carbons (Fsp3) is 0.583. The second-order valence-electron chi connectivity index (χ2n) is 9.56. The van der Waals surface area contributed by atoms with Gasteiger partial charge < -0.3 is 15.8 Å². The summed E-state index contributed by atoms with van der Waals surface area (Å²) >= 11 is 0. The molecule has 1 aliphatic heterocycles. The fourth-order valence-electron chi connectivity index (χ4n) is 6.32. The highest BCUT2D eigenvalue weighted by Crippen LogP contribution is 2.58. The topological polar surface area (TPSA) is 82.2 Å². The number of benzene rings is 1. The Morgan fingerprint density at radius 2 is 2.00 bits per heavy atom. The van der Waals surface area contributed by atoms with Crippen molar-refractivity contribution in [3.8, 4) is 0 Å². The van der Waals surface area contributed by atoms with Crippen LogP contribution in [0.2, 0.25) is 0 Å². The third-order valence-corrected chi connectivity index (χ3v) is 7.87. The summed E-state index contributed by atoms with van der Waals surface area (Å²) in [6, 6.07) is 10.6. The third-order valence-electron chi connectivity index (χ3n) is 7.87. The molecule has 4 aliphatic rings. The monoisotopic (exact) mass is 408 g/mol. The standard InChI is InChI=1S/C24H32N4O2/c1-2-20-19-14-26-15-21(19)28(27-20)16-23-8-10-24(11-9-23,30-22(25)29)18(13-23)12-17-6-4-3-5-7-17/h3-7,18,26H,2,8-16H2,1H3,(H2,25,29). The number of nitrogens with two attached hydrogens (primary N) is 1. The van der Waals surface area contributed by atoms with Crippen molar-refractivity contribution >= 4 is 6.09 Å². The van der Waals surface area contributed by atoms with Crippen molar-refractivity contribution in [2.24, 2.45) is 17.1 Å². The highest BCUT2D eigenvalue weighted by Gasteiger charge is 2.56. The van der Waals surface area contributed by atoms with Gasteiger partial charge in [0, 0.05) is 31.1 Å². The number of ether oxygens (including phenoxy) is 1. The molecule has 2 heterocycles. The number of amides is 1. The Bertz CT molecular complexity index is 928. The van der Waals surface area contributed by atoms with Crippen molar-refractivity contribution in [2.75, 3.05) is 0 Å². The quantitative estimate of drug-likeness (QED) is 0.763. The normalized spacial score (nSPS) is 29.7. The maximum Gasteiger partial charge on any atom is 0.405 e. The van der Waals surface area contributed by atoms with Crippen LogP contribution in [0, 0.1) is 11.3 Å². The van der Waals surface area contributed by atoms with E-state index in [-0.39, 0.29) is 5.41 Å². The maximum absolute atomic E-state index is 11.8. The number of hydrogen-bond acceptors (Lipinski definition) is 4. The van der Waals surface area contributed by atoms with E-state index >= 15 is 0 Å². The van der Waals surface area contributed by atoms with E-state index < -0.39 is 11.7 Å². The fourth-order valence-corrected chi connectivity index (χ4v) is 6.32. The molecule has 0 saturated heterocycles. The second-order valence-corrected chi connectivity index (χ2v) is 9.56. The maximum atomic E-state index is 11.8. The molecule has 3 saturated carbocycles. The van der Waals surface area contributed by atoms with Gasteiger partial charge in [-0.25, -0.2) is 4.79 Å². The molecule has 2 aromatic rings. The second kappa shape index (κ2) is 7.41. The van der Waals surface area contributed by atoms with Gasteiger partial charge in [0.25, 0.3) is 0 Å². The van der Waals surface area contributed by atoms with E-state index in [0.29, 0.717) is 5.92 Å². The molecule has 6 rings (SSSR count). The molecule has 1 unspecified atom stereocenters. The number of carbonyl (C=O) groups is 1. The Balaban J connectivity index is 1.43. The number of primary amides is 1. The van der Waals surface area contributed by atoms with Crippen molar-refractivity contribution in [1.29, 1.82) is 0 Å². The van der Waals surface area contributed by atoms with Crippen molar-refractivity contribution in [2.45, 2.75) is 77.1 Å². The highest BCUT2D eigenvalue weighted by molar-refractivity contribution is 5.65. The van der Waals surface area contributed by atoms with Crippen LogP contribution in [0.5, 0.6) is 0 Å². The predicted octanol–water partition coefficient (Wildman–Crippen LogP) is 3.71. The van der Waals surface area contributed by atoms with Gasteiger partial charge in [-0.1, -0.05) is 37.3 Å². The first kappa shape index (κ1) is 19.6. The van der Waals surface area contributed by atoms with Crippen molar-refractivity contribution in [3.63, 3.8) is 0 Å². The van der Waals surface area contributed by atoms with Crippen LogP contribution in [0.25, 0.3) is 0 Å². The molecular formula is C24H32N4O2. The molecule has 1 atom stereocenters. The zero-order valence-corrected chi connectivity index (χ0v) is 17.8. The van der Waals surface area contributed by atoms with Gasteiger partial charge in [0.2, 0.25) is 0 Å². The molecule has 6 heteroatoms. The van der Waals surface area contributed by atoms with Crippen molar-refractivity contribution in [1.82, 2.24) is 15.1 Å². The number of aromatic nitrogens is 2. The van der Waals surface area contributed by atoms with E-state index in [2.05, 4.69) is 41.2 Å². The highest BCUT2D eigenvalue weighted by atomic mass is 16.6. The minimum Gasteiger partial charge on any atom is -0.443 e. The van der Waals surface area contributed by atoms with E-state index in [0.717, 1.165) is 64.6 Å². The number of hydrogen-bond donors (Lipinski definition) is 2. The molecule has 1 amide bonds. The lowest BCUT2D eigenvalue weighted by Crippen LogP contribution is -2.57. The third kappa shape index (κ3) is 3.31. The lowest BCUT2D eigenvalue weighted by atomic mass is 9.53. The first-order valence-electron chi connectivity index (χ1n) is 11.3. The summed E-state index contributed by atoms with van der Waals surface area (Å²) in [6.45, 7) is 5.02. The van der Waals surface area contributed by atoms with Gasteiger partial charge in [0.05, 0.1) is 11.4 Å². The summed E-state index contributed by atoms with van der Waals surface area (Å²) in [5, 5.41) is 8.50. The lowest BCUT2D eigenvalue weighted by Gasteiger charge is -2.57. The number of carbonyl (C=O) groups excluding carboxylic acids is 1. The first-order valence-corrected chi connectivity index (χ1v) is 11.3. The molecular weight excluding hydrogens is 376 g/mol. The van der Waals surface area contributed by atoms with Crippen LogP contribution in [-0.4, -0.2) is 21.5 Å². The van der Waals surface area contributed by atoms with Crippen LogP contribution in [0.4, 0.5) is 4.79 Å². The van der Waals surface area contributed by atoms with Crippen molar-refractivity contribution < 1.29 is 9.53 Å². The number of nitrogens with zero attached hydrogens (tertiary/aromatic N) is 2. The van der Waals surface area contributed by atoms with E-state index in [1.165, 1.54) is 22.5 Å². The lowest BCUT2D eigenvalue weighted by molar-refractivity contribution is -0.143. The number of nitrogens with one attached hydrogen (secondary N) is 1. The molecule has 1 aromatic heterocycles. The van der Waals surface area contributed by atoms with Gasteiger partial charge in [0.1, 0.15) is 5.60 Å². The summed E-state index contributed by atoms with van der Waals surface area (Å²) < 4.78 is 8.14. The molecule has 0 spiro atoms. The average Bonchev–Trinajstić information content (AvgIpc) is 3.34. The zero-order chi connectivity index (χ0) is 20.8. The van der Waals surface area contributed by atoms with Crippen molar-refractivity contribution in [3.05, 3.63) is 52.8 Å². The SMILES string of the molecule is CCc1nn(CC23CCC(OC(N)=O)(CC2)C(Cc2ccccc2)C3)c2c1CNC2. The van der Waals surface area contributed by atoms with Gasteiger partial charge in [-0.05, 0) is 55.9 Å². The smallest absolute Gasteiger partial charge is 0.405 e. The summed E-state index contributed by atoms with van der Waals surface area (Å²) in [6.07, 6.45) is 6.26. The Labute approximate surface area is 178 Å². The molecule has 3 fully saturated rings. The van der Waals surface area contributed by atoms with Gasteiger partial charge in [-0.3, -0.25) is 4.68 Å². The minimum atomic E-state index is -0.633. The molecule has 160 valence electrons. The molecule has 6 nitrogen and oxygen atoms in total. The van der Waals surface area contributed by atoms with Crippen LogP contribution in [0.1, 0.15) is 61.5 Å². The Kier molecular flexibility index (Phi) is 4.85.